The first-order valence-corrected chi connectivity index (χ1v) is 7.61. The molecule has 2 aromatic rings. The van der Waals surface area contributed by atoms with E-state index in [-0.39, 0.29) is 17.9 Å². The van der Waals surface area contributed by atoms with E-state index in [1.54, 1.807) is 18.2 Å². The first-order valence-electron chi connectivity index (χ1n) is 6.85. The Hall–Kier alpha value is -2.24. The maximum absolute atomic E-state index is 12.1. The van der Waals surface area contributed by atoms with Crippen molar-refractivity contribution in [2.75, 3.05) is 14.2 Å². The van der Waals surface area contributed by atoms with Crippen LogP contribution in [0.15, 0.2) is 36.4 Å². The summed E-state index contributed by atoms with van der Waals surface area (Å²) in [6.07, 6.45) is 0.0127. The van der Waals surface area contributed by atoms with Crippen molar-refractivity contribution in [3.63, 3.8) is 0 Å². The van der Waals surface area contributed by atoms with Crippen molar-refractivity contribution >= 4 is 35.1 Å². The van der Waals surface area contributed by atoms with Gasteiger partial charge in [0.25, 0.3) is 0 Å². The number of carbonyl (C=O) groups is 2. The van der Waals surface area contributed by atoms with Gasteiger partial charge in [-0.2, -0.15) is 0 Å². The van der Waals surface area contributed by atoms with Gasteiger partial charge in [-0.3, -0.25) is 4.79 Å². The maximum atomic E-state index is 12.1. The molecule has 0 spiro atoms. The lowest BCUT2D eigenvalue weighted by Gasteiger charge is -2.10. The van der Waals surface area contributed by atoms with Gasteiger partial charge < -0.3 is 14.2 Å². The Balaban J connectivity index is 2.13. The standard InChI is InChI=1S/C17H14Cl2O5/c1-22-15-9-11(17(21)23-2)4-6-14(15)24-16(20)8-10-3-5-12(18)13(19)7-10/h3-7,9H,8H2,1-2H3. The Morgan fingerprint density at radius 2 is 1.71 bits per heavy atom. The van der Waals surface area contributed by atoms with E-state index in [1.165, 1.54) is 32.4 Å². The van der Waals surface area contributed by atoms with Gasteiger partial charge in [0, 0.05) is 0 Å². The summed E-state index contributed by atoms with van der Waals surface area (Å²) < 4.78 is 15.1. The monoisotopic (exact) mass is 368 g/mol. The Morgan fingerprint density at radius 3 is 2.33 bits per heavy atom. The number of methoxy groups -OCH3 is 2. The largest absolute Gasteiger partial charge is 0.493 e. The Kier molecular flexibility index (Phi) is 6.06. The predicted octanol–water partition coefficient (Wildman–Crippen LogP) is 3.94. The number of hydrogen-bond donors (Lipinski definition) is 0. The fourth-order valence-electron chi connectivity index (χ4n) is 1.97. The lowest BCUT2D eigenvalue weighted by molar-refractivity contribution is -0.133. The van der Waals surface area contributed by atoms with Gasteiger partial charge in [0.05, 0.1) is 36.2 Å². The van der Waals surface area contributed by atoms with E-state index in [1.807, 2.05) is 0 Å². The molecule has 24 heavy (non-hydrogen) atoms. The summed E-state index contributed by atoms with van der Waals surface area (Å²) in [4.78, 5) is 23.6. The van der Waals surface area contributed by atoms with E-state index >= 15 is 0 Å². The van der Waals surface area contributed by atoms with Crippen molar-refractivity contribution in [1.82, 2.24) is 0 Å². The van der Waals surface area contributed by atoms with Gasteiger partial charge in [-0.15, -0.1) is 0 Å². The van der Waals surface area contributed by atoms with Crippen LogP contribution in [-0.2, 0) is 16.0 Å². The number of benzene rings is 2. The first-order chi connectivity index (χ1) is 11.4. The van der Waals surface area contributed by atoms with E-state index in [0.29, 0.717) is 21.2 Å². The molecule has 0 aliphatic heterocycles. The van der Waals surface area contributed by atoms with Crippen LogP contribution >= 0.6 is 23.2 Å². The van der Waals surface area contributed by atoms with Crippen LogP contribution in [0.1, 0.15) is 15.9 Å². The lowest BCUT2D eigenvalue weighted by atomic mass is 10.1. The van der Waals surface area contributed by atoms with Crippen LogP contribution in [0.2, 0.25) is 10.0 Å². The second-order valence-electron chi connectivity index (χ2n) is 4.76. The van der Waals surface area contributed by atoms with Crippen molar-refractivity contribution in [3.8, 4) is 11.5 Å². The van der Waals surface area contributed by atoms with Crippen LogP contribution in [0, 0.1) is 0 Å². The number of halogens is 2. The highest BCUT2D eigenvalue weighted by molar-refractivity contribution is 6.42. The zero-order valence-corrected chi connectivity index (χ0v) is 14.5. The molecular weight excluding hydrogens is 355 g/mol. The second kappa shape index (κ2) is 8.04. The van der Waals surface area contributed by atoms with Crippen LogP contribution in [0.5, 0.6) is 11.5 Å². The van der Waals surface area contributed by atoms with Gasteiger partial charge in [0.1, 0.15) is 0 Å². The summed E-state index contributed by atoms with van der Waals surface area (Å²) in [5.74, 6) is -0.560. The molecule has 0 heterocycles. The summed E-state index contributed by atoms with van der Waals surface area (Å²) >= 11 is 11.8. The Morgan fingerprint density at radius 1 is 0.958 bits per heavy atom. The van der Waals surface area contributed by atoms with Crippen molar-refractivity contribution in [3.05, 3.63) is 57.6 Å². The first kappa shape index (κ1) is 18.1. The fourth-order valence-corrected chi connectivity index (χ4v) is 2.29. The maximum Gasteiger partial charge on any atom is 0.337 e. The topological polar surface area (TPSA) is 61.8 Å². The molecule has 0 amide bonds. The summed E-state index contributed by atoms with van der Waals surface area (Å²) in [7, 11) is 2.69. The SMILES string of the molecule is COC(=O)c1ccc(OC(=O)Cc2ccc(Cl)c(Cl)c2)c(OC)c1. The molecule has 0 N–H and O–H groups in total. The number of hydrogen-bond acceptors (Lipinski definition) is 5. The zero-order chi connectivity index (χ0) is 17.7. The molecule has 0 aromatic heterocycles. The van der Waals surface area contributed by atoms with Gasteiger partial charge >= 0.3 is 11.9 Å². The molecule has 0 unspecified atom stereocenters. The Bertz CT molecular complexity index is 774. The van der Waals surface area contributed by atoms with Crippen molar-refractivity contribution in [1.29, 1.82) is 0 Å². The molecule has 0 saturated heterocycles. The molecule has 0 radical (unpaired) electrons. The number of carbonyl (C=O) groups excluding carboxylic acids is 2. The molecule has 0 fully saturated rings. The average Bonchev–Trinajstić information content (AvgIpc) is 2.57. The number of esters is 2. The van der Waals surface area contributed by atoms with Gasteiger partial charge in [-0.1, -0.05) is 29.3 Å². The summed E-state index contributed by atoms with van der Waals surface area (Å²) in [5.41, 5.74) is 0.957. The van der Waals surface area contributed by atoms with Crippen molar-refractivity contribution < 1.29 is 23.8 Å². The molecule has 2 rings (SSSR count). The van der Waals surface area contributed by atoms with E-state index in [4.69, 9.17) is 32.7 Å². The van der Waals surface area contributed by atoms with Crippen LogP contribution in [0.25, 0.3) is 0 Å². The fraction of sp³-hybridized carbons (Fsp3) is 0.176. The minimum Gasteiger partial charge on any atom is -0.493 e. The minimum atomic E-state index is -0.512. The van der Waals surface area contributed by atoms with E-state index in [9.17, 15) is 9.59 Å². The molecule has 126 valence electrons. The van der Waals surface area contributed by atoms with Gasteiger partial charge in [0.2, 0.25) is 0 Å². The van der Waals surface area contributed by atoms with Gasteiger partial charge in [0.15, 0.2) is 11.5 Å². The average molecular weight is 369 g/mol. The lowest BCUT2D eigenvalue weighted by Crippen LogP contribution is -2.12. The molecule has 7 heteroatoms. The van der Waals surface area contributed by atoms with Crippen LogP contribution in [-0.4, -0.2) is 26.2 Å². The van der Waals surface area contributed by atoms with Crippen molar-refractivity contribution in [2.24, 2.45) is 0 Å². The van der Waals surface area contributed by atoms with E-state index in [2.05, 4.69) is 4.74 Å². The third kappa shape index (κ3) is 4.40. The molecule has 0 bridgehead atoms. The molecule has 0 atom stereocenters. The highest BCUT2D eigenvalue weighted by Gasteiger charge is 2.15. The summed E-state index contributed by atoms with van der Waals surface area (Å²) in [5, 5.41) is 0.774. The third-order valence-electron chi connectivity index (χ3n) is 3.14. The minimum absolute atomic E-state index is 0.0127. The van der Waals surface area contributed by atoms with E-state index in [0.717, 1.165) is 0 Å². The molecule has 2 aromatic carbocycles. The van der Waals surface area contributed by atoms with E-state index < -0.39 is 11.9 Å². The van der Waals surface area contributed by atoms with Crippen molar-refractivity contribution in [2.45, 2.75) is 6.42 Å². The third-order valence-corrected chi connectivity index (χ3v) is 3.88. The molecule has 0 aliphatic carbocycles. The number of rotatable bonds is 5. The van der Waals surface area contributed by atoms with Crippen LogP contribution in [0.4, 0.5) is 0 Å². The molecule has 0 aliphatic rings. The molecule has 0 saturated carbocycles. The zero-order valence-electron chi connectivity index (χ0n) is 13.0. The quantitative estimate of drug-likeness (QED) is 0.590. The Labute approximate surface area is 149 Å². The second-order valence-corrected chi connectivity index (χ2v) is 5.57. The summed E-state index contributed by atoms with van der Waals surface area (Å²) in [6.45, 7) is 0. The molecular formula is C17H14Cl2O5. The highest BCUT2D eigenvalue weighted by Crippen LogP contribution is 2.29. The van der Waals surface area contributed by atoms with Gasteiger partial charge in [-0.25, -0.2) is 4.79 Å². The van der Waals surface area contributed by atoms with Crippen LogP contribution < -0.4 is 9.47 Å². The van der Waals surface area contributed by atoms with Crippen LogP contribution in [0.3, 0.4) is 0 Å². The summed E-state index contributed by atoms with van der Waals surface area (Å²) in [6, 6.07) is 9.29. The smallest absolute Gasteiger partial charge is 0.337 e. The number of ether oxygens (including phenoxy) is 3. The van der Waals surface area contributed by atoms with Gasteiger partial charge in [-0.05, 0) is 35.9 Å². The predicted molar refractivity (Wildman–Crippen MR) is 90.1 cm³/mol. The molecule has 5 nitrogen and oxygen atoms in total. The highest BCUT2D eigenvalue weighted by atomic mass is 35.5. The normalized spacial score (nSPS) is 10.2.